The Morgan fingerprint density at radius 2 is 2.00 bits per heavy atom. The lowest BCUT2D eigenvalue weighted by Crippen LogP contribution is -2.04. The lowest BCUT2D eigenvalue weighted by Gasteiger charge is -2.06. The van der Waals surface area contributed by atoms with Crippen LogP contribution in [0.5, 0.6) is 0 Å². The van der Waals surface area contributed by atoms with Crippen LogP contribution >= 0.6 is 11.6 Å². The molecular weight excluding hydrogens is 224 g/mol. The van der Waals surface area contributed by atoms with Gasteiger partial charge in [0.1, 0.15) is 5.15 Å². The molecule has 1 atom stereocenters. The molecule has 0 amide bonds. The molecule has 16 heavy (non-hydrogen) atoms. The second-order valence-corrected chi connectivity index (χ2v) is 4.17. The van der Waals surface area contributed by atoms with Crippen LogP contribution in [0.2, 0.25) is 5.15 Å². The third-order valence-electron chi connectivity index (χ3n) is 2.31. The van der Waals surface area contributed by atoms with E-state index in [2.05, 4.69) is 5.10 Å². The zero-order valence-electron chi connectivity index (χ0n) is 8.97. The molecule has 1 aromatic carbocycles. The minimum Gasteiger partial charge on any atom is -0.393 e. The van der Waals surface area contributed by atoms with Crippen molar-refractivity contribution in [2.75, 3.05) is 0 Å². The van der Waals surface area contributed by atoms with Crippen molar-refractivity contribution in [2.45, 2.75) is 19.4 Å². The lowest BCUT2D eigenvalue weighted by molar-refractivity contribution is 0.195. The van der Waals surface area contributed by atoms with Crippen LogP contribution in [-0.4, -0.2) is 21.0 Å². The normalized spacial score (nSPS) is 12.7. The third-order valence-corrected chi connectivity index (χ3v) is 2.59. The van der Waals surface area contributed by atoms with E-state index in [1.807, 2.05) is 24.3 Å². The van der Waals surface area contributed by atoms with Crippen LogP contribution in [0.3, 0.4) is 0 Å². The fraction of sp³-hybridized carbons (Fsp3) is 0.250. The van der Waals surface area contributed by atoms with Gasteiger partial charge in [-0.05, 0) is 37.1 Å². The van der Waals surface area contributed by atoms with Crippen molar-refractivity contribution < 1.29 is 5.11 Å². The maximum absolute atomic E-state index is 9.26. The molecule has 0 spiro atoms. The fourth-order valence-corrected chi connectivity index (χ4v) is 1.79. The number of aliphatic hydroxyl groups excluding tert-OH is 1. The van der Waals surface area contributed by atoms with Crippen LogP contribution in [0.25, 0.3) is 5.69 Å². The zero-order valence-corrected chi connectivity index (χ0v) is 9.72. The predicted molar refractivity (Wildman–Crippen MR) is 64.0 cm³/mol. The first kappa shape index (κ1) is 11.2. The molecule has 0 bridgehead atoms. The SMILES string of the molecule is CC(O)Cc1ccc(-n2nccc2Cl)cc1. The van der Waals surface area contributed by atoms with Crippen molar-refractivity contribution in [2.24, 2.45) is 0 Å². The molecule has 0 radical (unpaired) electrons. The van der Waals surface area contributed by atoms with E-state index >= 15 is 0 Å². The van der Waals surface area contributed by atoms with Crippen LogP contribution in [0.15, 0.2) is 36.5 Å². The molecule has 1 unspecified atom stereocenters. The quantitative estimate of drug-likeness (QED) is 0.889. The first-order valence-corrected chi connectivity index (χ1v) is 5.51. The molecular formula is C12H13ClN2O. The van der Waals surface area contributed by atoms with Crippen molar-refractivity contribution in [1.82, 2.24) is 9.78 Å². The number of nitrogens with zero attached hydrogens (tertiary/aromatic N) is 2. The highest BCUT2D eigenvalue weighted by molar-refractivity contribution is 6.29. The van der Waals surface area contributed by atoms with Crippen LogP contribution in [-0.2, 0) is 6.42 Å². The van der Waals surface area contributed by atoms with Gasteiger partial charge >= 0.3 is 0 Å². The Morgan fingerprint density at radius 3 is 2.50 bits per heavy atom. The van der Waals surface area contributed by atoms with Crippen LogP contribution < -0.4 is 0 Å². The average Bonchev–Trinajstić information content (AvgIpc) is 2.65. The van der Waals surface area contributed by atoms with Gasteiger partial charge in [0.2, 0.25) is 0 Å². The highest BCUT2D eigenvalue weighted by Gasteiger charge is 2.03. The molecule has 0 aliphatic heterocycles. The van der Waals surface area contributed by atoms with Crippen molar-refractivity contribution in [1.29, 1.82) is 0 Å². The molecule has 0 aliphatic rings. The number of halogens is 1. The molecule has 0 saturated heterocycles. The smallest absolute Gasteiger partial charge is 0.132 e. The molecule has 0 aliphatic carbocycles. The first-order valence-electron chi connectivity index (χ1n) is 5.14. The van der Waals surface area contributed by atoms with Crippen LogP contribution in [0.1, 0.15) is 12.5 Å². The summed E-state index contributed by atoms with van der Waals surface area (Å²) in [6.07, 6.45) is 2.00. The Balaban J connectivity index is 2.23. The minimum atomic E-state index is -0.320. The molecule has 2 aromatic rings. The van der Waals surface area contributed by atoms with E-state index in [0.717, 1.165) is 11.3 Å². The molecule has 2 rings (SSSR count). The van der Waals surface area contributed by atoms with Gasteiger partial charge in [0.25, 0.3) is 0 Å². The third kappa shape index (κ3) is 2.43. The molecule has 3 nitrogen and oxygen atoms in total. The van der Waals surface area contributed by atoms with E-state index in [9.17, 15) is 5.11 Å². The number of hydrogen-bond donors (Lipinski definition) is 1. The van der Waals surface area contributed by atoms with E-state index in [4.69, 9.17) is 11.6 Å². The number of hydrogen-bond acceptors (Lipinski definition) is 2. The highest BCUT2D eigenvalue weighted by Crippen LogP contribution is 2.15. The summed E-state index contributed by atoms with van der Waals surface area (Å²) < 4.78 is 1.66. The summed E-state index contributed by atoms with van der Waals surface area (Å²) in [6, 6.07) is 9.57. The van der Waals surface area contributed by atoms with Crippen LogP contribution in [0.4, 0.5) is 0 Å². The standard InChI is InChI=1S/C12H13ClN2O/c1-9(16)8-10-2-4-11(5-3-10)15-12(13)6-7-14-15/h2-7,9,16H,8H2,1H3. The van der Waals surface area contributed by atoms with E-state index in [1.54, 1.807) is 23.9 Å². The second-order valence-electron chi connectivity index (χ2n) is 3.79. The van der Waals surface area contributed by atoms with Gasteiger partial charge in [0.15, 0.2) is 0 Å². The maximum atomic E-state index is 9.26. The summed E-state index contributed by atoms with van der Waals surface area (Å²) in [6.45, 7) is 1.78. The Bertz CT molecular complexity index is 462. The summed E-state index contributed by atoms with van der Waals surface area (Å²) >= 11 is 5.96. The van der Waals surface area contributed by atoms with E-state index < -0.39 is 0 Å². The summed E-state index contributed by atoms with van der Waals surface area (Å²) in [4.78, 5) is 0. The summed E-state index contributed by atoms with van der Waals surface area (Å²) in [5.74, 6) is 0. The highest BCUT2D eigenvalue weighted by atomic mass is 35.5. The number of rotatable bonds is 3. The molecule has 4 heteroatoms. The maximum Gasteiger partial charge on any atom is 0.132 e. The predicted octanol–water partition coefficient (Wildman–Crippen LogP) is 2.45. The van der Waals surface area contributed by atoms with E-state index in [-0.39, 0.29) is 6.10 Å². The van der Waals surface area contributed by atoms with Gasteiger partial charge in [-0.25, -0.2) is 4.68 Å². The van der Waals surface area contributed by atoms with E-state index in [1.165, 1.54) is 0 Å². The average molecular weight is 237 g/mol. The largest absolute Gasteiger partial charge is 0.393 e. The molecule has 1 heterocycles. The Labute approximate surface area is 99.3 Å². The van der Waals surface area contributed by atoms with Gasteiger partial charge in [-0.3, -0.25) is 0 Å². The van der Waals surface area contributed by atoms with Crippen molar-refractivity contribution in [3.63, 3.8) is 0 Å². The van der Waals surface area contributed by atoms with Gasteiger partial charge in [0, 0.05) is 0 Å². The topological polar surface area (TPSA) is 38.0 Å². The fourth-order valence-electron chi connectivity index (χ4n) is 1.59. The summed E-state index contributed by atoms with van der Waals surface area (Å²) in [5.41, 5.74) is 2.02. The van der Waals surface area contributed by atoms with Crippen LogP contribution in [0, 0.1) is 0 Å². The van der Waals surface area contributed by atoms with Crippen molar-refractivity contribution in [3.05, 3.63) is 47.2 Å². The zero-order chi connectivity index (χ0) is 11.5. The molecule has 1 N–H and O–H groups in total. The summed E-state index contributed by atoms with van der Waals surface area (Å²) in [7, 11) is 0. The van der Waals surface area contributed by atoms with Gasteiger partial charge in [-0.15, -0.1) is 0 Å². The molecule has 1 aromatic heterocycles. The number of aliphatic hydroxyl groups is 1. The Kier molecular flexibility index (Phi) is 3.27. The van der Waals surface area contributed by atoms with Gasteiger partial charge in [-0.1, -0.05) is 23.7 Å². The van der Waals surface area contributed by atoms with Gasteiger partial charge in [-0.2, -0.15) is 5.10 Å². The molecule has 0 saturated carbocycles. The monoisotopic (exact) mass is 236 g/mol. The number of benzene rings is 1. The Hall–Kier alpha value is -1.32. The first-order chi connectivity index (χ1) is 7.66. The molecule has 0 fully saturated rings. The van der Waals surface area contributed by atoms with Crippen molar-refractivity contribution in [3.8, 4) is 5.69 Å². The van der Waals surface area contributed by atoms with E-state index in [0.29, 0.717) is 11.6 Å². The van der Waals surface area contributed by atoms with Gasteiger partial charge < -0.3 is 5.11 Å². The minimum absolute atomic E-state index is 0.320. The van der Waals surface area contributed by atoms with Gasteiger partial charge in [0.05, 0.1) is 18.0 Å². The lowest BCUT2D eigenvalue weighted by atomic mass is 10.1. The molecule has 84 valence electrons. The Morgan fingerprint density at radius 1 is 1.31 bits per heavy atom. The number of aromatic nitrogens is 2. The summed E-state index contributed by atoms with van der Waals surface area (Å²) in [5, 5.41) is 14.0. The second kappa shape index (κ2) is 4.68. The van der Waals surface area contributed by atoms with Crippen molar-refractivity contribution >= 4 is 11.6 Å².